The molecule has 0 amide bonds. The van der Waals surface area contributed by atoms with E-state index in [4.69, 9.17) is 4.74 Å². The van der Waals surface area contributed by atoms with Gasteiger partial charge in [0.15, 0.2) is 0 Å². The molecule has 0 spiro atoms. The van der Waals surface area contributed by atoms with E-state index >= 15 is 0 Å². The lowest BCUT2D eigenvalue weighted by Gasteiger charge is -2.34. The van der Waals surface area contributed by atoms with Gasteiger partial charge >= 0.3 is 0 Å². The topological polar surface area (TPSA) is 81.2 Å². The van der Waals surface area contributed by atoms with E-state index in [9.17, 15) is 13.9 Å². The first kappa shape index (κ1) is 23.1. The summed E-state index contributed by atoms with van der Waals surface area (Å²) in [6.45, 7) is 4.80. The van der Waals surface area contributed by atoms with Crippen molar-refractivity contribution in [2.45, 2.75) is 25.1 Å². The summed E-state index contributed by atoms with van der Waals surface area (Å²) < 4.78 is 36.8. The molecule has 0 saturated carbocycles. The van der Waals surface area contributed by atoms with Gasteiger partial charge in [-0.2, -0.15) is 10.2 Å². The molecular weight excluding hydrogens is 454 g/mol. The van der Waals surface area contributed by atoms with Gasteiger partial charge in [-0.1, -0.05) is 18.2 Å². The monoisotopic (exact) mass is 480 g/mol. The lowest BCUT2D eigenvalue weighted by molar-refractivity contribution is -0.0368. The summed E-state index contributed by atoms with van der Waals surface area (Å²) in [6.07, 6.45) is 6.28. The van der Waals surface area contributed by atoms with Crippen LogP contribution in [0.2, 0.25) is 0 Å². The third-order valence-corrected chi connectivity index (χ3v) is 6.53. The Hall–Kier alpha value is -3.63. The Balaban J connectivity index is 1.43. The minimum atomic E-state index is -1.78. The minimum absolute atomic E-state index is 0.0474. The number of halogens is 2. The average Bonchev–Trinajstić information content (AvgIpc) is 3.57. The Bertz CT molecular complexity index is 1270. The molecule has 182 valence electrons. The first-order chi connectivity index (χ1) is 16.9. The van der Waals surface area contributed by atoms with Gasteiger partial charge in [0.25, 0.3) is 0 Å². The second-order valence-corrected chi connectivity index (χ2v) is 8.67. The van der Waals surface area contributed by atoms with Crippen LogP contribution in [0.5, 0.6) is 0 Å². The first-order valence-corrected chi connectivity index (χ1v) is 11.4. The molecular formula is C25H26F2N6O2. The summed E-state index contributed by atoms with van der Waals surface area (Å²) in [5.41, 5.74) is 1.12. The van der Waals surface area contributed by atoms with Crippen LogP contribution in [0, 0.1) is 11.6 Å². The van der Waals surface area contributed by atoms with Crippen molar-refractivity contribution in [2.24, 2.45) is 0 Å². The molecule has 0 radical (unpaired) electrons. The smallest absolute Gasteiger partial charge is 0.137 e. The molecule has 10 heteroatoms. The molecule has 1 aliphatic heterocycles. The molecule has 35 heavy (non-hydrogen) atoms. The van der Waals surface area contributed by atoms with Gasteiger partial charge in [0.05, 0.1) is 32.0 Å². The highest BCUT2D eigenvalue weighted by Crippen LogP contribution is 2.37. The van der Waals surface area contributed by atoms with Gasteiger partial charge in [0.1, 0.15) is 29.9 Å². The molecule has 1 saturated heterocycles. The van der Waals surface area contributed by atoms with Crippen LogP contribution in [-0.2, 0) is 16.9 Å². The fourth-order valence-electron chi connectivity index (χ4n) is 4.45. The molecule has 1 fully saturated rings. The number of ether oxygens (including phenoxy) is 1. The number of aromatic nitrogens is 5. The normalized spacial score (nSPS) is 16.7. The van der Waals surface area contributed by atoms with Crippen molar-refractivity contribution in [3.8, 4) is 11.1 Å². The Kier molecular flexibility index (Phi) is 6.31. The van der Waals surface area contributed by atoms with Crippen molar-refractivity contribution in [3.05, 3.63) is 84.7 Å². The van der Waals surface area contributed by atoms with Gasteiger partial charge in [-0.05, 0) is 30.7 Å². The number of hydrogen-bond acceptors (Lipinski definition) is 6. The second kappa shape index (κ2) is 9.55. The Morgan fingerprint density at radius 3 is 2.51 bits per heavy atom. The summed E-state index contributed by atoms with van der Waals surface area (Å²) in [5.74, 6) is -1.56. The van der Waals surface area contributed by atoms with E-state index in [-0.39, 0.29) is 12.1 Å². The molecule has 0 bridgehead atoms. The zero-order valence-electron chi connectivity index (χ0n) is 19.3. The van der Waals surface area contributed by atoms with Crippen LogP contribution in [0.25, 0.3) is 11.1 Å². The van der Waals surface area contributed by atoms with Gasteiger partial charge < -0.3 is 14.7 Å². The number of benzene rings is 2. The van der Waals surface area contributed by atoms with Gasteiger partial charge in [-0.3, -0.25) is 4.68 Å². The molecule has 2 aromatic carbocycles. The lowest BCUT2D eigenvalue weighted by Crippen LogP contribution is -2.40. The number of rotatable bonds is 7. The van der Waals surface area contributed by atoms with E-state index in [1.165, 1.54) is 23.4 Å². The van der Waals surface area contributed by atoms with Crippen LogP contribution in [0.4, 0.5) is 14.5 Å². The maximum atomic E-state index is 14.8. The molecule has 2 atom stereocenters. The predicted molar refractivity (Wildman–Crippen MR) is 126 cm³/mol. The largest absolute Gasteiger partial charge is 0.381 e. The van der Waals surface area contributed by atoms with Gasteiger partial charge in [0.2, 0.25) is 0 Å². The Morgan fingerprint density at radius 2 is 1.83 bits per heavy atom. The summed E-state index contributed by atoms with van der Waals surface area (Å²) in [5, 5.41) is 20.3. The molecule has 0 aliphatic carbocycles. The molecule has 3 heterocycles. The zero-order chi connectivity index (χ0) is 24.4. The van der Waals surface area contributed by atoms with E-state index in [1.54, 1.807) is 17.8 Å². The van der Waals surface area contributed by atoms with E-state index in [0.29, 0.717) is 0 Å². The fraction of sp³-hybridized carbons (Fsp3) is 0.320. The molecule has 2 aromatic heterocycles. The zero-order valence-corrected chi connectivity index (χ0v) is 19.3. The Labute approximate surface area is 201 Å². The van der Waals surface area contributed by atoms with Crippen molar-refractivity contribution < 1.29 is 18.6 Å². The van der Waals surface area contributed by atoms with Crippen molar-refractivity contribution in [3.63, 3.8) is 0 Å². The molecule has 4 aromatic rings. The van der Waals surface area contributed by atoms with Crippen LogP contribution < -0.4 is 4.90 Å². The highest BCUT2D eigenvalue weighted by atomic mass is 19.1. The van der Waals surface area contributed by atoms with E-state index < -0.39 is 23.3 Å². The van der Waals surface area contributed by atoms with Gasteiger partial charge in [-0.25, -0.2) is 18.4 Å². The van der Waals surface area contributed by atoms with E-state index in [0.717, 1.165) is 55.3 Å². The standard InChI is InChI=1S/C25H26F2N6O2/c1-18(25(34,15-32-17-28-16-30-32)23-7-4-21(26)12-24(23)27)33-14-20(13-29-33)19-2-5-22(6-3-19)31-8-10-35-11-9-31/h2-7,12-14,16-18,34H,8-11,15H2,1H3/t18-,25-/m1/s1. The quantitative estimate of drug-likeness (QED) is 0.437. The van der Waals surface area contributed by atoms with Crippen molar-refractivity contribution in [2.75, 3.05) is 31.2 Å². The highest BCUT2D eigenvalue weighted by molar-refractivity contribution is 5.65. The first-order valence-electron chi connectivity index (χ1n) is 11.4. The average molecular weight is 481 g/mol. The molecule has 0 unspecified atom stereocenters. The summed E-state index contributed by atoms with van der Waals surface area (Å²) in [6, 6.07) is 10.6. The predicted octanol–water partition coefficient (Wildman–Crippen LogP) is 3.41. The number of hydrogen-bond donors (Lipinski definition) is 1. The molecule has 1 N–H and O–H groups in total. The van der Waals surface area contributed by atoms with Crippen molar-refractivity contribution in [1.82, 2.24) is 24.5 Å². The number of nitrogens with zero attached hydrogens (tertiary/aromatic N) is 6. The van der Waals surface area contributed by atoms with Crippen molar-refractivity contribution in [1.29, 1.82) is 0 Å². The fourth-order valence-corrected chi connectivity index (χ4v) is 4.45. The van der Waals surface area contributed by atoms with Crippen LogP contribution >= 0.6 is 0 Å². The third kappa shape index (κ3) is 4.67. The maximum absolute atomic E-state index is 14.8. The van der Waals surface area contributed by atoms with Crippen LogP contribution in [-0.4, -0.2) is 56.0 Å². The number of morpholine rings is 1. The van der Waals surface area contributed by atoms with Crippen LogP contribution in [0.3, 0.4) is 0 Å². The lowest BCUT2D eigenvalue weighted by atomic mass is 9.86. The Morgan fingerprint density at radius 1 is 1.06 bits per heavy atom. The summed E-state index contributed by atoms with van der Waals surface area (Å²) >= 11 is 0. The van der Waals surface area contributed by atoms with Crippen molar-refractivity contribution >= 4 is 5.69 Å². The van der Waals surface area contributed by atoms with E-state index in [2.05, 4.69) is 32.2 Å². The third-order valence-electron chi connectivity index (χ3n) is 6.53. The van der Waals surface area contributed by atoms with Gasteiger partial charge in [-0.15, -0.1) is 0 Å². The van der Waals surface area contributed by atoms with Crippen LogP contribution in [0.15, 0.2) is 67.5 Å². The summed E-state index contributed by atoms with van der Waals surface area (Å²) in [4.78, 5) is 6.19. The number of aliphatic hydroxyl groups is 1. The maximum Gasteiger partial charge on any atom is 0.137 e. The SMILES string of the molecule is C[C@@H](n1cc(-c2ccc(N3CCOCC3)cc2)cn1)[C@](O)(Cn1cncn1)c1ccc(F)cc1F. The van der Waals surface area contributed by atoms with E-state index in [1.807, 2.05) is 18.3 Å². The number of anilines is 1. The molecule has 5 rings (SSSR count). The highest BCUT2D eigenvalue weighted by Gasteiger charge is 2.40. The minimum Gasteiger partial charge on any atom is -0.381 e. The molecule has 1 aliphatic rings. The molecule has 8 nitrogen and oxygen atoms in total. The summed E-state index contributed by atoms with van der Waals surface area (Å²) in [7, 11) is 0. The van der Waals surface area contributed by atoms with Crippen LogP contribution in [0.1, 0.15) is 18.5 Å². The van der Waals surface area contributed by atoms with Gasteiger partial charge in [0, 0.05) is 42.2 Å². The second-order valence-electron chi connectivity index (χ2n) is 8.67.